The Morgan fingerprint density at radius 1 is 0.966 bits per heavy atom. The van der Waals surface area contributed by atoms with Gasteiger partial charge in [-0.3, -0.25) is 0 Å². The third-order valence-corrected chi connectivity index (χ3v) is 5.49. The number of hydrogen-bond donors (Lipinski definition) is 3. The Hall–Kier alpha value is -2.18. The summed E-state index contributed by atoms with van der Waals surface area (Å²) in [6, 6.07) is 15.2. The molecule has 1 heterocycles. The largest absolute Gasteiger partial charge is 0.422 e. The topological polar surface area (TPSA) is 82.7 Å². The molecule has 0 amide bonds. The summed E-state index contributed by atoms with van der Waals surface area (Å²) >= 11 is 0. The number of rotatable bonds is 6. The van der Waals surface area contributed by atoms with Gasteiger partial charge < -0.3 is 19.9 Å². The lowest BCUT2D eigenvalue weighted by atomic mass is 9.87. The normalized spacial score (nSPS) is 15.4. The highest BCUT2D eigenvalue weighted by atomic mass is 35.5. The van der Waals surface area contributed by atoms with E-state index in [0.717, 1.165) is 41.3 Å². The monoisotopic (exact) mass is 415 g/mol. The maximum Gasteiger partial charge on any atom is 0.339 e. The van der Waals surface area contributed by atoms with Crippen LogP contribution in [0.1, 0.15) is 41.2 Å². The van der Waals surface area contributed by atoms with Crippen LogP contribution in [-0.4, -0.2) is 22.9 Å². The molecule has 6 heteroatoms. The fourth-order valence-corrected chi connectivity index (χ4v) is 4.05. The number of aliphatic hydroxyl groups is 2. The van der Waals surface area contributed by atoms with Gasteiger partial charge >= 0.3 is 5.63 Å². The van der Waals surface area contributed by atoms with Gasteiger partial charge in [0.2, 0.25) is 0 Å². The zero-order valence-electron chi connectivity index (χ0n) is 16.1. The van der Waals surface area contributed by atoms with Crippen molar-refractivity contribution in [3.05, 3.63) is 81.2 Å². The smallest absolute Gasteiger partial charge is 0.339 e. The van der Waals surface area contributed by atoms with Crippen molar-refractivity contribution < 1.29 is 14.6 Å². The van der Waals surface area contributed by atoms with Crippen molar-refractivity contribution in [1.82, 2.24) is 5.32 Å². The molecule has 1 aliphatic rings. The maximum absolute atomic E-state index is 12.3. The van der Waals surface area contributed by atoms with Crippen LogP contribution in [0.15, 0.2) is 57.7 Å². The molecule has 0 spiro atoms. The summed E-state index contributed by atoms with van der Waals surface area (Å²) in [5.74, 6) is 0. The highest BCUT2D eigenvalue weighted by Gasteiger charge is 2.25. The lowest BCUT2D eigenvalue weighted by molar-refractivity contribution is 0.0197. The zero-order chi connectivity index (χ0) is 19.5. The molecule has 0 bridgehead atoms. The van der Waals surface area contributed by atoms with Crippen LogP contribution in [0.5, 0.6) is 0 Å². The van der Waals surface area contributed by atoms with Crippen LogP contribution in [-0.2, 0) is 19.4 Å². The van der Waals surface area contributed by atoms with E-state index >= 15 is 0 Å². The molecule has 0 fully saturated rings. The van der Waals surface area contributed by atoms with Gasteiger partial charge in [-0.15, -0.1) is 12.4 Å². The summed E-state index contributed by atoms with van der Waals surface area (Å²) in [4.78, 5) is 12.3. The number of fused-ring (bicyclic) bond motifs is 3. The van der Waals surface area contributed by atoms with Crippen LogP contribution in [0.3, 0.4) is 0 Å². The Labute approximate surface area is 175 Å². The molecule has 1 aromatic heterocycles. The van der Waals surface area contributed by atoms with E-state index in [1.165, 1.54) is 0 Å². The fourth-order valence-electron chi connectivity index (χ4n) is 4.05. The van der Waals surface area contributed by atoms with Crippen LogP contribution in [0, 0.1) is 0 Å². The van der Waals surface area contributed by atoms with Crippen LogP contribution in [0.25, 0.3) is 11.0 Å². The quantitative estimate of drug-likeness (QED) is 0.538. The molecule has 2 unspecified atom stereocenters. The molecule has 29 heavy (non-hydrogen) atoms. The first kappa shape index (κ1) is 21.5. The minimum atomic E-state index is -1.06. The Bertz CT molecular complexity index is 1020. The number of aryl methyl sites for hydroxylation is 1. The first-order valence-electron chi connectivity index (χ1n) is 9.83. The van der Waals surface area contributed by atoms with E-state index < -0.39 is 12.2 Å². The second kappa shape index (κ2) is 9.55. The van der Waals surface area contributed by atoms with E-state index in [1.807, 2.05) is 36.4 Å². The number of hydrogen-bond acceptors (Lipinski definition) is 5. The Morgan fingerprint density at radius 3 is 2.45 bits per heavy atom. The second-order valence-corrected chi connectivity index (χ2v) is 7.40. The van der Waals surface area contributed by atoms with E-state index in [9.17, 15) is 15.0 Å². The number of benzene rings is 2. The molecule has 2 aromatic carbocycles. The first-order chi connectivity index (χ1) is 13.6. The molecule has 3 aromatic rings. The zero-order valence-corrected chi connectivity index (χ0v) is 17.0. The van der Waals surface area contributed by atoms with Crippen LogP contribution >= 0.6 is 12.4 Å². The van der Waals surface area contributed by atoms with E-state index in [4.69, 9.17) is 4.42 Å². The lowest BCUT2D eigenvalue weighted by Crippen LogP contribution is -2.31. The third kappa shape index (κ3) is 4.54. The van der Waals surface area contributed by atoms with Crippen molar-refractivity contribution in [2.45, 2.75) is 44.4 Å². The predicted molar refractivity (Wildman–Crippen MR) is 115 cm³/mol. The third-order valence-electron chi connectivity index (χ3n) is 5.49. The van der Waals surface area contributed by atoms with Crippen molar-refractivity contribution in [3.63, 3.8) is 0 Å². The molecule has 3 N–H and O–H groups in total. The molecule has 2 atom stereocenters. The molecule has 4 rings (SSSR count). The van der Waals surface area contributed by atoms with Crippen molar-refractivity contribution in [2.24, 2.45) is 0 Å². The molecule has 0 radical (unpaired) electrons. The van der Waals surface area contributed by atoms with Gasteiger partial charge in [-0.2, -0.15) is 0 Å². The van der Waals surface area contributed by atoms with Crippen molar-refractivity contribution in [2.75, 3.05) is 6.54 Å². The van der Waals surface area contributed by atoms with Crippen molar-refractivity contribution in [1.29, 1.82) is 0 Å². The van der Waals surface area contributed by atoms with Gasteiger partial charge in [0.25, 0.3) is 0 Å². The van der Waals surface area contributed by atoms with Crippen LogP contribution in [0.2, 0.25) is 0 Å². The summed E-state index contributed by atoms with van der Waals surface area (Å²) in [5, 5.41) is 25.4. The Kier molecular flexibility index (Phi) is 7.09. The SMILES string of the molecule is Cl.O=c1oc2cccc(C(O)C(O)CNCc3ccccc3)c2c2c1CCCC2. The summed E-state index contributed by atoms with van der Waals surface area (Å²) in [6.07, 6.45) is 1.45. The molecule has 5 nitrogen and oxygen atoms in total. The van der Waals surface area contributed by atoms with E-state index in [2.05, 4.69) is 5.32 Å². The van der Waals surface area contributed by atoms with Gasteiger partial charge in [-0.25, -0.2) is 4.79 Å². The van der Waals surface area contributed by atoms with Gasteiger partial charge in [0, 0.05) is 24.0 Å². The van der Waals surface area contributed by atoms with E-state index in [0.29, 0.717) is 24.1 Å². The van der Waals surface area contributed by atoms with Gasteiger partial charge in [0.05, 0.1) is 6.10 Å². The van der Waals surface area contributed by atoms with Crippen LogP contribution < -0.4 is 10.9 Å². The Morgan fingerprint density at radius 2 is 1.69 bits per heavy atom. The van der Waals surface area contributed by atoms with Gasteiger partial charge in [-0.05, 0) is 48.4 Å². The van der Waals surface area contributed by atoms with Gasteiger partial charge in [0.15, 0.2) is 0 Å². The second-order valence-electron chi connectivity index (χ2n) is 7.40. The van der Waals surface area contributed by atoms with Crippen molar-refractivity contribution in [3.8, 4) is 0 Å². The highest BCUT2D eigenvalue weighted by molar-refractivity contribution is 5.86. The Balaban J connectivity index is 0.00000240. The number of aliphatic hydroxyl groups excluding tert-OH is 2. The summed E-state index contributed by atoms with van der Waals surface area (Å²) in [6.45, 7) is 0.871. The van der Waals surface area contributed by atoms with Crippen molar-refractivity contribution >= 4 is 23.4 Å². The molecule has 1 aliphatic carbocycles. The van der Waals surface area contributed by atoms with Gasteiger partial charge in [0.1, 0.15) is 11.7 Å². The predicted octanol–water partition coefficient (Wildman–Crippen LogP) is 3.28. The average molecular weight is 416 g/mol. The molecular formula is C23H26ClNO4. The highest BCUT2D eigenvalue weighted by Crippen LogP contribution is 2.33. The van der Waals surface area contributed by atoms with Crippen LogP contribution in [0.4, 0.5) is 0 Å². The first-order valence-corrected chi connectivity index (χ1v) is 9.83. The summed E-state index contributed by atoms with van der Waals surface area (Å²) in [7, 11) is 0. The standard InChI is InChI=1S/C23H25NO4.ClH/c25-19(14-24-13-15-7-2-1-3-8-15)22(26)18-11-6-12-20-21(18)16-9-4-5-10-17(16)23(27)28-20;/h1-3,6-8,11-12,19,22,24-26H,4-5,9-10,13-14H2;1H. The number of nitrogens with one attached hydrogen (secondary N) is 1. The summed E-state index contributed by atoms with van der Waals surface area (Å²) in [5.41, 5.74) is 3.62. The lowest BCUT2D eigenvalue weighted by Gasteiger charge is -2.23. The molecule has 154 valence electrons. The molecule has 0 aliphatic heterocycles. The molecule has 0 saturated heterocycles. The summed E-state index contributed by atoms with van der Waals surface area (Å²) < 4.78 is 5.51. The molecule has 0 saturated carbocycles. The average Bonchev–Trinajstić information content (AvgIpc) is 2.73. The fraction of sp³-hybridized carbons (Fsp3) is 0.348. The maximum atomic E-state index is 12.3. The van der Waals surface area contributed by atoms with E-state index in [-0.39, 0.29) is 24.6 Å². The minimum absolute atomic E-state index is 0. The number of halogens is 1. The minimum Gasteiger partial charge on any atom is -0.422 e. The van der Waals surface area contributed by atoms with Gasteiger partial charge in [-0.1, -0.05) is 42.5 Å². The molecular weight excluding hydrogens is 390 g/mol. The van der Waals surface area contributed by atoms with E-state index in [1.54, 1.807) is 12.1 Å².